The summed E-state index contributed by atoms with van der Waals surface area (Å²) < 4.78 is 5.21. The van der Waals surface area contributed by atoms with Gasteiger partial charge in [0.25, 0.3) is 0 Å². The maximum absolute atomic E-state index is 9.76. The van der Waals surface area contributed by atoms with Gasteiger partial charge in [0.2, 0.25) is 0 Å². The molecule has 2 rings (SSSR count). The third-order valence-corrected chi connectivity index (χ3v) is 3.99. The van der Waals surface area contributed by atoms with Gasteiger partial charge in [-0.05, 0) is 38.7 Å². The van der Waals surface area contributed by atoms with Gasteiger partial charge in [-0.3, -0.25) is 4.99 Å². The van der Waals surface area contributed by atoms with Crippen LogP contribution in [0.3, 0.4) is 0 Å². The lowest BCUT2D eigenvalue weighted by Gasteiger charge is -2.37. The molecule has 3 N–H and O–H groups in total. The molecule has 0 aliphatic carbocycles. The van der Waals surface area contributed by atoms with E-state index in [0.29, 0.717) is 18.3 Å². The highest BCUT2D eigenvalue weighted by atomic mass is 16.5. The molecule has 1 aliphatic heterocycles. The molecule has 0 amide bonds. The molecule has 1 aliphatic rings. The van der Waals surface area contributed by atoms with Crippen LogP contribution in [0.15, 0.2) is 23.2 Å². The maximum Gasteiger partial charge on any atom is 0.192 e. The minimum absolute atomic E-state index is 0.136. The number of nitrogens with two attached hydrogens (primary N) is 1. The molecule has 0 saturated carbocycles. The SMILES string of the molecule is COc1cc(C2(C)CN=C(N)N2CCN(C)C)ccc1O. The molecule has 116 valence electrons. The van der Waals surface area contributed by atoms with Crippen molar-refractivity contribution in [2.75, 3.05) is 40.8 Å². The van der Waals surface area contributed by atoms with E-state index in [1.165, 1.54) is 0 Å². The Kier molecular flexibility index (Phi) is 4.27. The number of hydrogen-bond donors (Lipinski definition) is 2. The molecule has 0 fully saturated rings. The first-order valence-electron chi connectivity index (χ1n) is 6.98. The Balaban J connectivity index is 2.31. The summed E-state index contributed by atoms with van der Waals surface area (Å²) in [6, 6.07) is 5.40. The highest BCUT2D eigenvalue weighted by molar-refractivity contribution is 5.81. The molecule has 0 saturated heterocycles. The second-order valence-corrected chi connectivity index (χ2v) is 5.79. The Morgan fingerprint density at radius 2 is 2.19 bits per heavy atom. The number of ether oxygens (including phenoxy) is 1. The zero-order chi connectivity index (χ0) is 15.6. The number of phenols is 1. The zero-order valence-corrected chi connectivity index (χ0v) is 13.1. The second-order valence-electron chi connectivity index (χ2n) is 5.79. The molecule has 1 unspecified atom stereocenters. The average molecular weight is 292 g/mol. The van der Waals surface area contributed by atoms with E-state index in [1.807, 2.05) is 26.2 Å². The first-order valence-corrected chi connectivity index (χ1v) is 6.98. The molecule has 1 heterocycles. The summed E-state index contributed by atoms with van der Waals surface area (Å²) in [5.41, 5.74) is 6.76. The van der Waals surface area contributed by atoms with Crippen molar-refractivity contribution in [3.8, 4) is 11.5 Å². The second kappa shape index (κ2) is 5.81. The standard InChI is InChI=1S/C15H24N4O2/c1-15(11-5-6-12(20)13(9-11)21-4)10-17-14(16)19(15)8-7-18(2)3/h5-6,9,20H,7-8,10H2,1-4H3,(H2,16,17). The lowest BCUT2D eigenvalue weighted by Crippen LogP contribution is -2.49. The van der Waals surface area contributed by atoms with Gasteiger partial charge in [0.05, 0.1) is 19.2 Å². The van der Waals surface area contributed by atoms with Crippen LogP contribution in [-0.2, 0) is 5.54 Å². The van der Waals surface area contributed by atoms with Gasteiger partial charge in [0, 0.05) is 13.1 Å². The summed E-state index contributed by atoms with van der Waals surface area (Å²) in [4.78, 5) is 8.63. The third-order valence-electron chi connectivity index (χ3n) is 3.99. The molecule has 6 heteroatoms. The fraction of sp³-hybridized carbons (Fsp3) is 0.533. The number of rotatable bonds is 5. The maximum atomic E-state index is 9.76. The molecule has 0 radical (unpaired) electrons. The van der Waals surface area contributed by atoms with E-state index in [1.54, 1.807) is 13.2 Å². The number of hydrogen-bond acceptors (Lipinski definition) is 6. The molecule has 6 nitrogen and oxygen atoms in total. The number of aliphatic imine (C=N–C) groups is 1. The van der Waals surface area contributed by atoms with Crippen LogP contribution in [-0.4, -0.2) is 61.7 Å². The smallest absolute Gasteiger partial charge is 0.192 e. The van der Waals surface area contributed by atoms with E-state index >= 15 is 0 Å². The van der Waals surface area contributed by atoms with E-state index in [-0.39, 0.29) is 11.3 Å². The quantitative estimate of drug-likeness (QED) is 0.840. The van der Waals surface area contributed by atoms with Gasteiger partial charge in [-0.15, -0.1) is 0 Å². The normalized spacial score (nSPS) is 21.8. The van der Waals surface area contributed by atoms with Gasteiger partial charge < -0.3 is 25.4 Å². The van der Waals surface area contributed by atoms with Gasteiger partial charge in [-0.1, -0.05) is 6.07 Å². The topological polar surface area (TPSA) is 74.3 Å². The largest absolute Gasteiger partial charge is 0.504 e. The lowest BCUT2D eigenvalue weighted by atomic mass is 9.90. The molecule has 0 bridgehead atoms. The number of aromatic hydroxyl groups is 1. The van der Waals surface area contributed by atoms with Crippen LogP contribution in [0.2, 0.25) is 0 Å². The van der Waals surface area contributed by atoms with Crippen molar-refractivity contribution in [3.63, 3.8) is 0 Å². The van der Waals surface area contributed by atoms with Gasteiger partial charge in [-0.25, -0.2) is 0 Å². The number of methoxy groups -OCH3 is 1. The lowest BCUT2D eigenvalue weighted by molar-refractivity contribution is 0.204. The predicted molar refractivity (Wildman–Crippen MR) is 83.8 cm³/mol. The minimum Gasteiger partial charge on any atom is -0.504 e. The molecular weight excluding hydrogens is 268 g/mol. The van der Waals surface area contributed by atoms with E-state index in [0.717, 1.165) is 18.7 Å². The summed E-state index contributed by atoms with van der Waals surface area (Å²) in [6.07, 6.45) is 0. The van der Waals surface area contributed by atoms with Crippen molar-refractivity contribution in [3.05, 3.63) is 23.8 Å². The first-order chi connectivity index (χ1) is 9.88. The van der Waals surface area contributed by atoms with Gasteiger partial charge in [-0.2, -0.15) is 0 Å². The van der Waals surface area contributed by atoms with Crippen LogP contribution in [0, 0.1) is 0 Å². The van der Waals surface area contributed by atoms with Crippen molar-refractivity contribution in [2.24, 2.45) is 10.7 Å². The predicted octanol–water partition coefficient (Wildman–Crippen LogP) is 0.808. The molecule has 1 aromatic carbocycles. The molecule has 1 atom stereocenters. The summed E-state index contributed by atoms with van der Waals surface area (Å²) >= 11 is 0. The zero-order valence-electron chi connectivity index (χ0n) is 13.1. The van der Waals surface area contributed by atoms with Crippen molar-refractivity contribution in [1.29, 1.82) is 0 Å². The van der Waals surface area contributed by atoms with Crippen molar-refractivity contribution in [2.45, 2.75) is 12.5 Å². The fourth-order valence-electron chi connectivity index (χ4n) is 2.58. The van der Waals surface area contributed by atoms with Gasteiger partial charge in [0.15, 0.2) is 17.5 Å². The minimum atomic E-state index is -0.318. The third kappa shape index (κ3) is 2.90. The Hall–Kier alpha value is -1.95. The fourth-order valence-corrected chi connectivity index (χ4v) is 2.58. The van der Waals surface area contributed by atoms with Crippen LogP contribution in [0.25, 0.3) is 0 Å². The van der Waals surface area contributed by atoms with Crippen molar-refractivity contribution < 1.29 is 9.84 Å². The van der Waals surface area contributed by atoms with Crippen LogP contribution in [0.1, 0.15) is 12.5 Å². The number of guanidine groups is 1. The van der Waals surface area contributed by atoms with Crippen LogP contribution in [0.5, 0.6) is 11.5 Å². The molecular formula is C15H24N4O2. The average Bonchev–Trinajstić information content (AvgIpc) is 2.73. The molecule has 0 aromatic heterocycles. The number of phenolic OH excluding ortho intramolecular Hbond substituents is 1. The summed E-state index contributed by atoms with van der Waals surface area (Å²) in [6.45, 7) is 4.39. The summed E-state index contributed by atoms with van der Waals surface area (Å²) in [5.74, 6) is 1.16. The van der Waals surface area contributed by atoms with E-state index < -0.39 is 0 Å². The van der Waals surface area contributed by atoms with E-state index in [2.05, 4.69) is 21.7 Å². The molecule has 0 spiro atoms. The Labute approximate surface area is 125 Å². The van der Waals surface area contributed by atoms with Crippen LogP contribution >= 0.6 is 0 Å². The van der Waals surface area contributed by atoms with E-state index in [9.17, 15) is 5.11 Å². The van der Waals surface area contributed by atoms with E-state index in [4.69, 9.17) is 10.5 Å². The number of benzene rings is 1. The Morgan fingerprint density at radius 1 is 1.48 bits per heavy atom. The highest BCUT2D eigenvalue weighted by Gasteiger charge is 2.39. The number of nitrogens with zero attached hydrogens (tertiary/aromatic N) is 3. The summed E-state index contributed by atoms with van der Waals surface area (Å²) in [5, 5.41) is 9.76. The van der Waals surface area contributed by atoms with Crippen LogP contribution in [0.4, 0.5) is 0 Å². The van der Waals surface area contributed by atoms with Crippen molar-refractivity contribution in [1.82, 2.24) is 9.80 Å². The molecule has 1 aromatic rings. The van der Waals surface area contributed by atoms with Gasteiger partial charge in [0.1, 0.15) is 0 Å². The summed E-state index contributed by atoms with van der Waals surface area (Å²) in [7, 11) is 5.61. The van der Waals surface area contributed by atoms with Crippen LogP contribution < -0.4 is 10.5 Å². The Morgan fingerprint density at radius 3 is 2.81 bits per heavy atom. The first kappa shape index (κ1) is 15.4. The monoisotopic (exact) mass is 292 g/mol. The highest BCUT2D eigenvalue weighted by Crippen LogP contribution is 2.37. The van der Waals surface area contributed by atoms with Crippen molar-refractivity contribution >= 4 is 5.96 Å². The van der Waals surface area contributed by atoms with Gasteiger partial charge >= 0.3 is 0 Å². The molecule has 21 heavy (non-hydrogen) atoms. The number of likely N-dealkylation sites (N-methyl/N-ethyl adjacent to an activating group) is 1. The Bertz CT molecular complexity index is 544.